The van der Waals surface area contributed by atoms with Gasteiger partial charge in [-0.05, 0) is 53.6 Å². The van der Waals surface area contributed by atoms with Crippen LogP contribution >= 0.6 is 11.6 Å². The van der Waals surface area contributed by atoms with Gasteiger partial charge >= 0.3 is 5.97 Å². The van der Waals surface area contributed by atoms with Crippen LogP contribution < -0.4 is 10.6 Å². The van der Waals surface area contributed by atoms with Crippen LogP contribution in [0.1, 0.15) is 21.5 Å². The molecule has 4 aromatic rings. The summed E-state index contributed by atoms with van der Waals surface area (Å²) in [6, 6.07) is 18.4. The van der Waals surface area contributed by atoms with Gasteiger partial charge < -0.3 is 20.4 Å². The molecular weight excluding hydrogens is 485 g/mol. The summed E-state index contributed by atoms with van der Waals surface area (Å²) in [4.78, 5) is 41.1. The van der Waals surface area contributed by atoms with E-state index in [1.165, 1.54) is 12.1 Å². The van der Waals surface area contributed by atoms with E-state index < -0.39 is 36.2 Å². The van der Waals surface area contributed by atoms with Crippen molar-refractivity contribution in [3.05, 3.63) is 107 Å². The first-order valence-corrected chi connectivity index (χ1v) is 11.6. The van der Waals surface area contributed by atoms with E-state index in [4.69, 9.17) is 16.3 Å². The SMILES string of the molecule is O=C(COC(=O)[C@H](Cc1c[nH]c2ccccc12)NC(=O)c1ccc(F)cc1)NCc1ccc(Cl)cc1. The highest BCUT2D eigenvalue weighted by Gasteiger charge is 2.25. The molecule has 3 N–H and O–H groups in total. The summed E-state index contributed by atoms with van der Waals surface area (Å²) in [6.45, 7) is -0.267. The highest BCUT2D eigenvalue weighted by molar-refractivity contribution is 6.30. The number of rotatable bonds is 9. The molecule has 7 nitrogen and oxygen atoms in total. The van der Waals surface area contributed by atoms with Crippen molar-refractivity contribution in [1.29, 1.82) is 0 Å². The van der Waals surface area contributed by atoms with Gasteiger partial charge in [-0.25, -0.2) is 9.18 Å². The van der Waals surface area contributed by atoms with Crippen molar-refractivity contribution in [1.82, 2.24) is 15.6 Å². The minimum atomic E-state index is -1.08. The zero-order valence-corrected chi connectivity index (χ0v) is 19.8. The minimum absolute atomic E-state index is 0.127. The number of fused-ring (bicyclic) bond motifs is 1. The van der Waals surface area contributed by atoms with E-state index in [0.29, 0.717) is 5.02 Å². The predicted molar refractivity (Wildman–Crippen MR) is 134 cm³/mol. The molecule has 0 spiro atoms. The molecule has 1 atom stereocenters. The fraction of sp³-hybridized carbons (Fsp3) is 0.148. The summed E-state index contributed by atoms with van der Waals surface area (Å²) in [5.74, 6) is -2.30. The molecule has 9 heteroatoms. The summed E-state index contributed by atoms with van der Waals surface area (Å²) in [5.41, 5.74) is 2.70. The first kappa shape index (κ1) is 24.9. The van der Waals surface area contributed by atoms with Gasteiger partial charge in [0.1, 0.15) is 11.9 Å². The first-order valence-electron chi connectivity index (χ1n) is 11.2. The first-order chi connectivity index (χ1) is 17.4. The van der Waals surface area contributed by atoms with Gasteiger partial charge in [0.15, 0.2) is 6.61 Å². The number of ether oxygens (including phenoxy) is 1. The standard InChI is InChI=1S/C27H23ClFN3O4/c28-20-9-5-17(6-10-20)14-31-25(33)16-36-27(35)24(32-26(34)18-7-11-21(29)12-8-18)13-19-15-30-23-4-2-1-3-22(19)23/h1-12,15,24,30H,13-14,16H2,(H,31,33)(H,32,34)/t24-/m0/s1. The van der Waals surface area contributed by atoms with Gasteiger partial charge in [0.25, 0.3) is 11.8 Å². The Morgan fingerprint density at radius 1 is 0.972 bits per heavy atom. The molecule has 184 valence electrons. The number of nitrogens with one attached hydrogen (secondary N) is 3. The Kier molecular flexibility index (Phi) is 7.97. The lowest BCUT2D eigenvalue weighted by Gasteiger charge is -2.18. The maximum absolute atomic E-state index is 13.3. The topological polar surface area (TPSA) is 100 Å². The molecule has 2 amide bonds. The lowest BCUT2D eigenvalue weighted by Crippen LogP contribution is -2.44. The van der Waals surface area contributed by atoms with Gasteiger partial charge in [-0.2, -0.15) is 0 Å². The van der Waals surface area contributed by atoms with Gasteiger partial charge in [0, 0.05) is 40.7 Å². The van der Waals surface area contributed by atoms with Gasteiger partial charge in [0.2, 0.25) is 0 Å². The quantitative estimate of drug-likeness (QED) is 0.296. The molecule has 0 aliphatic heterocycles. The lowest BCUT2D eigenvalue weighted by molar-refractivity contribution is -0.150. The summed E-state index contributed by atoms with van der Waals surface area (Å²) >= 11 is 5.86. The van der Waals surface area contributed by atoms with E-state index in [1.807, 2.05) is 24.3 Å². The van der Waals surface area contributed by atoms with Crippen molar-refractivity contribution in [3.8, 4) is 0 Å². The third kappa shape index (κ3) is 6.49. The predicted octanol–water partition coefficient (Wildman–Crippen LogP) is 4.16. The van der Waals surface area contributed by atoms with Crippen LogP contribution in [0.4, 0.5) is 4.39 Å². The van der Waals surface area contributed by atoms with E-state index in [-0.39, 0.29) is 18.5 Å². The summed E-state index contributed by atoms with van der Waals surface area (Å²) < 4.78 is 18.5. The average molecular weight is 508 g/mol. The summed E-state index contributed by atoms with van der Waals surface area (Å²) in [6.07, 6.45) is 1.88. The number of hydrogen-bond donors (Lipinski definition) is 3. The second kappa shape index (κ2) is 11.5. The Hall–Kier alpha value is -4.17. The maximum atomic E-state index is 13.3. The van der Waals surface area contributed by atoms with E-state index in [1.54, 1.807) is 30.5 Å². The van der Waals surface area contributed by atoms with Crippen molar-refractivity contribution in [2.75, 3.05) is 6.61 Å². The molecule has 3 aromatic carbocycles. The van der Waals surface area contributed by atoms with Crippen LogP contribution in [0.3, 0.4) is 0 Å². The zero-order chi connectivity index (χ0) is 25.5. The van der Waals surface area contributed by atoms with Crippen LogP contribution in [-0.2, 0) is 27.3 Å². The Balaban J connectivity index is 1.42. The van der Waals surface area contributed by atoms with Gasteiger partial charge in [-0.3, -0.25) is 9.59 Å². The van der Waals surface area contributed by atoms with Gasteiger partial charge in [0.05, 0.1) is 0 Å². The maximum Gasteiger partial charge on any atom is 0.329 e. The number of carbonyl (C=O) groups is 3. The van der Waals surface area contributed by atoms with Crippen LogP contribution in [0, 0.1) is 5.82 Å². The summed E-state index contributed by atoms with van der Waals surface area (Å²) in [5, 5.41) is 6.80. The molecule has 1 heterocycles. The molecule has 36 heavy (non-hydrogen) atoms. The summed E-state index contributed by atoms with van der Waals surface area (Å²) in [7, 11) is 0. The molecular formula is C27H23ClFN3O4. The second-order valence-electron chi connectivity index (χ2n) is 8.11. The highest BCUT2D eigenvalue weighted by atomic mass is 35.5. The number of benzene rings is 3. The number of carbonyl (C=O) groups excluding carboxylic acids is 3. The van der Waals surface area contributed by atoms with E-state index >= 15 is 0 Å². The molecule has 0 bridgehead atoms. The number of aromatic nitrogens is 1. The number of hydrogen-bond acceptors (Lipinski definition) is 4. The monoisotopic (exact) mass is 507 g/mol. The second-order valence-corrected chi connectivity index (χ2v) is 8.54. The Morgan fingerprint density at radius 2 is 1.69 bits per heavy atom. The van der Waals surface area contributed by atoms with Gasteiger partial charge in [-0.15, -0.1) is 0 Å². The molecule has 0 radical (unpaired) electrons. The molecule has 0 saturated heterocycles. The number of esters is 1. The number of amides is 2. The molecule has 1 aromatic heterocycles. The zero-order valence-electron chi connectivity index (χ0n) is 19.1. The van der Waals surface area contributed by atoms with Crippen LogP contribution in [0.5, 0.6) is 0 Å². The van der Waals surface area contributed by atoms with Crippen molar-refractivity contribution in [2.45, 2.75) is 19.0 Å². The molecule has 0 aliphatic rings. The Bertz CT molecular complexity index is 1370. The van der Waals surface area contributed by atoms with Crippen LogP contribution in [0.2, 0.25) is 5.02 Å². The number of halogens is 2. The Labute approximate surface area is 211 Å². The minimum Gasteiger partial charge on any atom is -0.454 e. The van der Waals surface area contributed by atoms with Crippen molar-refractivity contribution in [2.24, 2.45) is 0 Å². The number of para-hydroxylation sites is 1. The van der Waals surface area contributed by atoms with E-state index in [9.17, 15) is 18.8 Å². The number of aromatic amines is 1. The molecule has 4 rings (SSSR count). The average Bonchev–Trinajstić information content (AvgIpc) is 3.29. The van der Waals surface area contributed by atoms with Gasteiger partial charge in [-0.1, -0.05) is 41.9 Å². The van der Waals surface area contributed by atoms with Crippen LogP contribution in [0.15, 0.2) is 79.0 Å². The van der Waals surface area contributed by atoms with E-state index in [0.717, 1.165) is 34.2 Å². The largest absolute Gasteiger partial charge is 0.454 e. The molecule has 0 aliphatic carbocycles. The third-order valence-electron chi connectivity index (χ3n) is 5.54. The van der Waals surface area contributed by atoms with Crippen molar-refractivity contribution >= 4 is 40.3 Å². The fourth-order valence-electron chi connectivity index (χ4n) is 3.65. The van der Waals surface area contributed by atoms with Crippen molar-refractivity contribution < 1.29 is 23.5 Å². The van der Waals surface area contributed by atoms with E-state index in [2.05, 4.69) is 15.6 Å². The normalized spacial score (nSPS) is 11.6. The number of H-pyrrole nitrogens is 1. The Morgan fingerprint density at radius 3 is 2.44 bits per heavy atom. The molecule has 0 unspecified atom stereocenters. The van der Waals surface area contributed by atoms with Crippen LogP contribution in [-0.4, -0.2) is 35.4 Å². The highest BCUT2D eigenvalue weighted by Crippen LogP contribution is 2.20. The lowest BCUT2D eigenvalue weighted by atomic mass is 10.0. The van der Waals surface area contributed by atoms with Crippen molar-refractivity contribution in [3.63, 3.8) is 0 Å². The fourth-order valence-corrected chi connectivity index (χ4v) is 3.77. The smallest absolute Gasteiger partial charge is 0.329 e. The third-order valence-corrected chi connectivity index (χ3v) is 5.80. The van der Waals surface area contributed by atoms with Crippen LogP contribution in [0.25, 0.3) is 10.9 Å². The molecule has 0 saturated carbocycles. The molecule has 0 fully saturated rings.